The van der Waals surface area contributed by atoms with E-state index in [1.807, 2.05) is 11.5 Å². The zero-order valence-electron chi connectivity index (χ0n) is 12.5. The first-order valence-corrected chi connectivity index (χ1v) is 7.48. The van der Waals surface area contributed by atoms with Crippen molar-refractivity contribution in [3.8, 4) is 5.75 Å². The molecule has 6 nitrogen and oxygen atoms in total. The molecule has 2 aromatic rings. The monoisotopic (exact) mass is 320 g/mol. The summed E-state index contributed by atoms with van der Waals surface area (Å²) in [6, 6.07) is 3.51. The maximum atomic E-state index is 12.5. The van der Waals surface area contributed by atoms with E-state index < -0.39 is 0 Å². The Balaban J connectivity index is 1.78. The zero-order chi connectivity index (χ0) is 15.7. The molecule has 1 aromatic carbocycles. The lowest BCUT2D eigenvalue weighted by atomic mass is 9.98. The summed E-state index contributed by atoms with van der Waals surface area (Å²) >= 11 is 6.07. The van der Waals surface area contributed by atoms with Crippen LogP contribution in [0.2, 0.25) is 5.02 Å². The molecule has 0 saturated heterocycles. The lowest BCUT2D eigenvalue weighted by molar-refractivity contribution is -0.120. The molecule has 116 valence electrons. The maximum absolute atomic E-state index is 12.5. The van der Waals surface area contributed by atoms with Gasteiger partial charge in [0.2, 0.25) is 5.91 Å². The summed E-state index contributed by atoms with van der Waals surface area (Å²) < 4.78 is 7.29. The number of carbonyl (C=O) groups is 1. The number of aromatic nitrogens is 3. The van der Waals surface area contributed by atoms with Gasteiger partial charge in [-0.15, -0.1) is 10.2 Å². The highest BCUT2D eigenvalue weighted by Gasteiger charge is 2.26. The first-order valence-electron chi connectivity index (χ1n) is 7.10. The summed E-state index contributed by atoms with van der Waals surface area (Å²) in [5.41, 5.74) is 1.49. The molecule has 1 atom stereocenters. The minimum absolute atomic E-state index is 0.0423. The summed E-state index contributed by atoms with van der Waals surface area (Å²) in [7, 11) is 1.58. The highest BCUT2D eigenvalue weighted by molar-refractivity contribution is 6.31. The number of nitrogens with zero attached hydrogens (tertiary/aromatic N) is 3. The number of anilines is 1. The van der Waals surface area contributed by atoms with Gasteiger partial charge in [0.15, 0.2) is 0 Å². The summed E-state index contributed by atoms with van der Waals surface area (Å²) in [5, 5.41) is 11.4. The minimum atomic E-state index is -0.118. The molecule has 2 heterocycles. The summed E-state index contributed by atoms with van der Waals surface area (Å²) in [5.74, 6) is 1.41. The fraction of sp³-hybridized carbons (Fsp3) is 0.400. The van der Waals surface area contributed by atoms with Gasteiger partial charge in [0.25, 0.3) is 0 Å². The Kier molecular flexibility index (Phi) is 4.02. The average molecular weight is 321 g/mol. The normalized spacial score (nSPS) is 17.0. The number of hydrogen-bond acceptors (Lipinski definition) is 4. The van der Waals surface area contributed by atoms with E-state index in [1.165, 1.54) is 0 Å². The van der Waals surface area contributed by atoms with Crippen LogP contribution in [0.1, 0.15) is 17.8 Å². The first kappa shape index (κ1) is 14.8. The topological polar surface area (TPSA) is 69.0 Å². The summed E-state index contributed by atoms with van der Waals surface area (Å²) in [4.78, 5) is 12.5. The maximum Gasteiger partial charge on any atom is 0.229 e. The van der Waals surface area contributed by atoms with Crippen molar-refractivity contribution >= 4 is 23.2 Å². The Morgan fingerprint density at radius 1 is 1.50 bits per heavy atom. The number of rotatable bonds is 3. The summed E-state index contributed by atoms with van der Waals surface area (Å²) in [6.07, 6.45) is 3.18. The predicted molar refractivity (Wildman–Crippen MR) is 83.2 cm³/mol. The van der Waals surface area contributed by atoms with Crippen molar-refractivity contribution in [2.75, 3.05) is 12.4 Å². The average Bonchev–Trinajstić information content (AvgIpc) is 2.94. The molecule has 1 aliphatic heterocycles. The van der Waals surface area contributed by atoms with Gasteiger partial charge in [-0.05, 0) is 31.0 Å². The standard InChI is InChI=1S/C15H17ClN4O2/c1-9-5-11(16)6-12(14(9)22-2)18-15(21)10-3-4-13-19-17-8-20(13)7-10/h5-6,8,10H,3-4,7H2,1-2H3,(H,18,21). The quantitative estimate of drug-likeness (QED) is 0.943. The van der Waals surface area contributed by atoms with Gasteiger partial charge in [0, 0.05) is 18.0 Å². The van der Waals surface area contributed by atoms with E-state index in [1.54, 1.807) is 25.6 Å². The van der Waals surface area contributed by atoms with Crippen molar-refractivity contribution in [1.29, 1.82) is 0 Å². The lowest BCUT2D eigenvalue weighted by Gasteiger charge is -2.23. The second kappa shape index (κ2) is 5.96. The van der Waals surface area contributed by atoms with E-state index in [9.17, 15) is 4.79 Å². The third-order valence-corrected chi connectivity index (χ3v) is 4.12. The third kappa shape index (κ3) is 2.78. The van der Waals surface area contributed by atoms with Crippen LogP contribution in [-0.4, -0.2) is 27.8 Å². The van der Waals surface area contributed by atoms with Crippen LogP contribution in [0.5, 0.6) is 5.75 Å². The Labute approximate surface area is 133 Å². The van der Waals surface area contributed by atoms with Crippen LogP contribution in [0.25, 0.3) is 0 Å². The largest absolute Gasteiger partial charge is 0.494 e. The van der Waals surface area contributed by atoms with Gasteiger partial charge in [0.05, 0.1) is 18.7 Å². The van der Waals surface area contributed by atoms with Crippen molar-refractivity contribution in [3.05, 3.63) is 34.9 Å². The van der Waals surface area contributed by atoms with Gasteiger partial charge in [-0.3, -0.25) is 4.79 Å². The van der Waals surface area contributed by atoms with Crippen LogP contribution < -0.4 is 10.1 Å². The first-order chi connectivity index (χ1) is 10.6. The van der Waals surface area contributed by atoms with Gasteiger partial charge in [-0.1, -0.05) is 11.6 Å². The zero-order valence-corrected chi connectivity index (χ0v) is 13.2. The number of hydrogen-bond donors (Lipinski definition) is 1. The smallest absolute Gasteiger partial charge is 0.229 e. The highest BCUT2D eigenvalue weighted by Crippen LogP contribution is 2.32. The molecule has 0 aliphatic carbocycles. The number of halogens is 1. The molecule has 0 spiro atoms. The van der Waals surface area contributed by atoms with Gasteiger partial charge < -0.3 is 14.6 Å². The third-order valence-electron chi connectivity index (χ3n) is 3.90. The molecular weight excluding hydrogens is 304 g/mol. The van der Waals surface area contributed by atoms with Crippen LogP contribution in [0, 0.1) is 12.8 Å². The number of nitrogens with one attached hydrogen (secondary N) is 1. The van der Waals surface area contributed by atoms with Gasteiger partial charge in [-0.25, -0.2) is 0 Å². The molecule has 1 unspecified atom stereocenters. The number of carbonyl (C=O) groups excluding carboxylic acids is 1. The van der Waals surface area contributed by atoms with Crippen molar-refractivity contribution in [2.45, 2.75) is 26.3 Å². The SMILES string of the molecule is COc1c(C)cc(Cl)cc1NC(=O)C1CCc2nncn2C1. The summed E-state index contributed by atoms with van der Waals surface area (Å²) in [6.45, 7) is 2.49. The Morgan fingerprint density at radius 3 is 3.09 bits per heavy atom. The number of fused-ring (bicyclic) bond motifs is 1. The molecule has 7 heteroatoms. The molecule has 0 radical (unpaired) electrons. The van der Waals surface area contributed by atoms with Crippen LogP contribution in [0.15, 0.2) is 18.5 Å². The molecule has 3 rings (SSSR count). The highest BCUT2D eigenvalue weighted by atomic mass is 35.5. The molecule has 1 N–H and O–H groups in total. The Bertz CT molecular complexity index is 714. The molecule has 0 saturated carbocycles. The molecule has 22 heavy (non-hydrogen) atoms. The molecule has 1 amide bonds. The van der Waals surface area contributed by atoms with Crippen molar-refractivity contribution in [3.63, 3.8) is 0 Å². The predicted octanol–water partition coefficient (Wildman–Crippen LogP) is 2.45. The van der Waals surface area contributed by atoms with E-state index in [0.717, 1.165) is 24.2 Å². The number of ether oxygens (including phenoxy) is 1. The molecular formula is C15H17ClN4O2. The fourth-order valence-electron chi connectivity index (χ4n) is 2.80. The Morgan fingerprint density at radius 2 is 2.32 bits per heavy atom. The van der Waals surface area contributed by atoms with E-state index in [4.69, 9.17) is 16.3 Å². The molecule has 1 aromatic heterocycles. The molecule has 0 fully saturated rings. The van der Waals surface area contributed by atoms with E-state index in [2.05, 4.69) is 15.5 Å². The van der Waals surface area contributed by atoms with Crippen molar-refractivity contribution in [2.24, 2.45) is 5.92 Å². The van der Waals surface area contributed by atoms with Crippen LogP contribution >= 0.6 is 11.6 Å². The van der Waals surface area contributed by atoms with Crippen LogP contribution in [-0.2, 0) is 17.8 Å². The second-order valence-electron chi connectivity index (χ2n) is 5.43. The van der Waals surface area contributed by atoms with Crippen molar-refractivity contribution in [1.82, 2.24) is 14.8 Å². The molecule has 1 aliphatic rings. The van der Waals surface area contributed by atoms with Crippen LogP contribution in [0.4, 0.5) is 5.69 Å². The van der Waals surface area contributed by atoms with Gasteiger partial charge >= 0.3 is 0 Å². The molecule has 0 bridgehead atoms. The number of amides is 1. The number of aryl methyl sites for hydroxylation is 2. The second-order valence-corrected chi connectivity index (χ2v) is 5.86. The number of methoxy groups -OCH3 is 1. The van der Waals surface area contributed by atoms with E-state index in [-0.39, 0.29) is 11.8 Å². The van der Waals surface area contributed by atoms with E-state index >= 15 is 0 Å². The van der Waals surface area contributed by atoms with E-state index in [0.29, 0.717) is 23.0 Å². The van der Waals surface area contributed by atoms with Gasteiger partial charge in [-0.2, -0.15) is 0 Å². The van der Waals surface area contributed by atoms with Gasteiger partial charge in [0.1, 0.15) is 17.9 Å². The number of benzene rings is 1. The Hall–Kier alpha value is -2.08. The van der Waals surface area contributed by atoms with Crippen molar-refractivity contribution < 1.29 is 9.53 Å². The fourth-order valence-corrected chi connectivity index (χ4v) is 3.07. The lowest BCUT2D eigenvalue weighted by Crippen LogP contribution is -2.31. The minimum Gasteiger partial charge on any atom is -0.494 e. The van der Waals surface area contributed by atoms with Crippen LogP contribution in [0.3, 0.4) is 0 Å².